The van der Waals surface area contributed by atoms with Crippen LogP contribution < -0.4 is 0 Å². The summed E-state index contributed by atoms with van der Waals surface area (Å²) in [6.45, 7) is 6.86. The van der Waals surface area contributed by atoms with Crippen LogP contribution in [-0.2, 0) is 11.8 Å². The van der Waals surface area contributed by atoms with E-state index >= 15 is 0 Å². The van der Waals surface area contributed by atoms with E-state index in [9.17, 15) is 9.18 Å². The molecule has 5 rings (SSSR count). The van der Waals surface area contributed by atoms with Gasteiger partial charge in [-0.05, 0) is 62.6 Å². The number of carbonyl (C=O) groups is 1. The molecule has 0 unspecified atom stereocenters. The first-order chi connectivity index (χ1) is 15.2. The van der Waals surface area contributed by atoms with Gasteiger partial charge >= 0.3 is 6.09 Å². The summed E-state index contributed by atoms with van der Waals surface area (Å²) in [6.07, 6.45) is 4.51. The lowest BCUT2D eigenvalue weighted by Gasteiger charge is -2.29. The third-order valence-corrected chi connectivity index (χ3v) is 7.76. The van der Waals surface area contributed by atoms with E-state index < -0.39 is 5.60 Å². The number of thiophene rings is 2. The standard InChI is InChI=1S/C24H24FN3O2S2/c1-24(2,3)30-23(29)28-7-5-14(6-8-28)18-11-20-21(31-18)12-19(32-20)15-9-16-13-27(4)26-22(16)17(25)10-15/h5,9-13H,6-8H2,1-4H3. The van der Waals surface area contributed by atoms with E-state index in [1.165, 1.54) is 19.9 Å². The second-order valence-corrected chi connectivity index (χ2v) is 11.2. The van der Waals surface area contributed by atoms with Gasteiger partial charge in [-0.15, -0.1) is 22.7 Å². The minimum Gasteiger partial charge on any atom is -0.444 e. The molecule has 0 saturated carbocycles. The summed E-state index contributed by atoms with van der Waals surface area (Å²) in [5.74, 6) is -0.294. The quantitative estimate of drug-likeness (QED) is 0.329. The van der Waals surface area contributed by atoms with E-state index in [2.05, 4.69) is 23.3 Å². The van der Waals surface area contributed by atoms with Crippen LogP contribution in [0.4, 0.5) is 9.18 Å². The minimum atomic E-state index is -0.485. The van der Waals surface area contributed by atoms with Crippen molar-refractivity contribution in [3.63, 3.8) is 0 Å². The van der Waals surface area contributed by atoms with Crippen LogP contribution in [0.5, 0.6) is 0 Å². The van der Waals surface area contributed by atoms with Crippen molar-refractivity contribution in [3.05, 3.63) is 47.2 Å². The van der Waals surface area contributed by atoms with Crippen molar-refractivity contribution < 1.29 is 13.9 Å². The van der Waals surface area contributed by atoms with Crippen molar-refractivity contribution in [2.24, 2.45) is 7.05 Å². The number of benzene rings is 1. The fourth-order valence-electron chi connectivity index (χ4n) is 3.88. The van der Waals surface area contributed by atoms with Crippen LogP contribution in [0.1, 0.15) is 32.1 Å². The van der Waals surface area contributed by atoms with Crippen LogP contribution in [0, 0.1) is 5.82 Å². The van der Waals surface area contributed by atoms with Crippen LogP contribution in [0.25, 0.3) is 36.3 Å². The number of carbonyl (C=O) groups excluding carboxylic acids is 1. The Labute approximate surface area is 193 Å². The highest BCUT2D eigenvalue weighted by molar-refractivity contribution is 7.30. The summed E-state index contributed by atoms with van der Waals surface area (Å²) in [5, 5.41) is 4.99. The van der Waals surface area contributed by atoms with E-state index in [1.807, 2.05) is 33.0 Å². The topological polar surface area (TPSA) is 47.4 Å². The summed E-state index contributed by atoms with van der Waals surface area (Å²) in [7, 11) is 1.80. The average molecular weight is 470 g/mol. The number of hydrogen-bond acceptors (Lipinski definition) is 5. The Bertz CT molecular complexity index is 1340. The Morgan fingerprint density at radius 3 is 2.53 bits per heavy atom. The molecule has 166 valence electrons. The lowest BCUT2D eigenvalue weighted by atomic mass is 10.1. The molecule has 0 bridgehead atoms. The molecule has 5 nitrogen and oxygen atoms in total. The molecule has 4 aromatic rings. The second-order valence-electron chi connectivity index (χ2n) is 9.05. The molecule has 3 aromatic heterocycles. The largest absolute Gasteiger partial charge is 0.444 e. The molecule has 0 atom stereocenters. The molecule has 1 amide bonds. The summed E-state index contributed by atoms with van der Waals surface area (Å²) >= 11 is 3.42. The van der Waals surface area contributed by atoms with Crippen LogP contribution in [0.3, 0.4) is 0 Å². The zero-order chi connectivity index (χ0) is 22.6. The van der Waals surface area contributed by atoms with Gasteiger partial charge in [0, 0.05) is 50.9 Å². The van der Waals surface area contributed by atoms with Crippen LogP contribution >= 0.6 is 22.7 Å². The highest BCUT2D eigenvalue weighted by atomic mass is 32.1. The fourth-order valence-corrected chi connectivity index (χ4v) is 6.33. The Kier molecular flexibility index (Phi) is 5.09. The van der Waals surface area contributed by atoms with E-state index in [4.69, 9.17) is 4.74 Å². The third-order valence-electron chi connectivity index (χ3n) is 5.35. The van der Waals surface area contributed by atoms with Crippen molar-refractivity contribution >= 4 is 54.6 Å². The van der Waals surface area contributed by atoms with Gasteiger partial charge in [-0.2, -0.15) is 5.10 Å². The molecule has 1 aliphatic heterocycles. The number of aryl methyl sites for hydroxylation is 1. The number of ether oxygens (including phenoxy) is 1. The average Bonchev–Trinajstić information content (AvgIpc) is 3.39. The fraction of sp³-hybridized carbons (Fsp3) is 0.333. The Balaban J connectivity index is 1.36. The number of rotatable bonds is 2. The maximum Gasteiger partial charge on any atom is 0.410 e. The SMILES string of the molecule is Cn1cc2cc(-c3cc4sc(C5=CCN(C(=O)OC(C)(C)C)CC5)cc4s3)cc(F)c2n1. The molecule has 32 heavy (non-hydrogen) atoms. The maximum atomic E-state index is 14.5. The molecular weight excluding hydrogens is 445 g/mol. The zero-order valence-electron chi connectivity index (χ0n) is 18.4. The predicted molar refractivity (Wildman–Crippen MR) is 130 cm³/mol. The minimum absolute atomic E-state index is 0.262. The molecule has 0 fully saturated rings. The number of hydrogen-bond donors (Lipinski definition) is 0. The molecule has 0 spiro atoms. The molecule has 0 N–H and O–H groups in total. The molecule has 0 aliphatic carbocycles. The number of amides is 1. The summed E-state index contributed by atoms with van der Waals surface area (Å²) in [4.78, 5) is 16.3. The van der Waals surface area contributed by atoms with Gasteiger partial charge in [-0.3, -0.25) is 4.68 Å². The first kappa shape index (κ1) is 21.2. The molecular formula is C24H24FN3O2S2. The van der Waals surface area contributed by atoms with Gasteiger partial charge < -0.3 is 9.64 Å². The molecule has 1 aromatic carbocycles. The zero-order valence-corrected chi connectivity index (χ0v) is 20.1. The van der Waals surface area contributed by atoms with E-state index in [-0.39, 0.29) is 11.9 Å². The van der Waals surface area contributed by atoms with E-state index in [1.54, 1.807) is 45.4 Å². The van der Waals surface area contributed by atoms with Crippen LogP contribution in [0.15, 0.2) is 36.5 Å². The van der Waals surface area contributed by atoms with Gasteiger partial charge in [0.15, 0.2) is 5.82 Å². The number of fused-ring (bicyclic) bond motifs is 2. The van der Waals surface area contributed by atoms with Gasteiger partial charge in [-0.1, -0.05) is 6.08 Å². The third kappa shape index (κ3) is 4.04. The van der Waals surface area contributed by atoms with Crippen molar-refractivity contribution in [1.82, 2.24) is 14.7 Å². The number of halogens is 1. The van der Waals surface area contributed by atoms with Gasteiger partial charge in [0.2, 0.25) is 0 Å². The van der Waals surface area contributed by atoms with Crippen LogP contribution in [-0.4, -0.2) is 39.5 Å². The predicted octanol–water partition coefficient (Wildman–Crippen LogP) is 6.68. The molecule has 4 heterocycles. The van der Waals surface area contributed by atoms with E-state index in [0.717, 1.165) is 22.2 Å². The first-order valence-electron chi connectivity index (χ1n) is 10.5. The van der Waals surface area contributed by atoms with Gasteiger partial charge in [0.25, 0.3) is 0 Å². The normalized spacial score (nSPS) is 14.9. The highest BCUT2D eigenvalue weighted by Crippen LogP contribution is 2.42. The van der Waals surface area contributed by atoms with E-state index in [0.29, 0.717) is 18.6 Å². The first-order valence-corrected chi connectivity index (χ1v) is 12.1. The monoisotopic (exact) mass is 469 g/mol. The summed E-state index contributed by atoms with van der Waals surface area (Å²) < 4.78 is 24.0. The Morgan fingerprint density at radius 2 is 1.84 bits per heavy atom. The maximum absolute atomic E-state index is 14.5. The van der Waals surface area contributed by atoms with Gasteiger partial charge in [0.1, 0.15) is 11.1 Å². The second kappa shape index (κ2) is 7.71. The van der Waals surface area contributed by atoms with Gasteiger partial charge in [0.05, 0.1) is 0 Å². The molecule has 1 aliphatic rings. The lowest BCUT2D eigenvalue weighted by Crippen LogP contribution is -2.39. The molecule has 0 saturated heterocycles. The van der Waals surface area contributed by atoms with Crippen molar-refractivity contribution in [3.8, 4) is 10.4 Å². The Morgan fingerprint density at radius 1 is 1.12 bits per heavy atom. The number of aromatic nitrogens is 2. The Hall–Kier alpha value is -2.71. The van der Waals surface area contributed by atoms with Crippen molar-refractivity contribution in [2.45, 2.75) is 32.8 Å². The highest BCUT2D eigenvalue weighted by Gasteiger charge is 2.24. The lowest BCUT2D eigenvalue weighted by molar-refractivity contribution is 0.0270. The molecule has 8 heteroatoms. The smallest absolute Gasteiger partial charge is 0.410 e. The van der Waals surface area contributed by atoms with Crippen molar-refractivity contribution in [1.29, 1.82) is 0 Å². The number of nitrogens with zero attached hydrogens (tertiary/aromatic N) is 3. The van der Waals surface area contributed by atoms with Gasteiger partial charge in [-0.25, -0.2) is 9.18 Å². The summed E-state index contributed by atoms with van der Waals surface area (Å²) in [6, 6.07) is 7.92. The van der Waals surface area contributed by atoms with Crippen LogP contribution in [0.2, 0.25) is 0 Å². The molecule has 0 radical (unpaired) electrons. The summed E-state index contributed by atoms with van der Waals surface area (Å²) in [5.41, 5.74) is 2.06. The van der Waals surface area contributed by atoms with Crippen molar-refractivity contribution in [2.75, 3.05) is 13.1 Å².